The standard InChI is InChI=1S/C14H18Cl3N/c15-7-1-3-13-4-2-8-18(13)10-11-5-6-12(16)9-14(11)17/h5-6,9,13H,1-4,7-8,10H2. The van der Waals surface area contributed by atoms with Crippen LogP contribution in [-0.4, -0.2) is 23.4 Å². The van der Waals surface area contributed by atoms with E-state index in [1.807, 2.05) is 18.2 Å². The molecule has 100 valence electrons. The van der Waals surface area contributed by atoms with E-state index in [1.165, 1.54) is 24.8 Å². The molecule has 1 heterocycles. The molecule has 1 aromatic rings. The summed E-state index contributed by atoms with van der Waals surface area (Å²) in [5, 5.41) is 1.47. The molecule has 1 aliphatic heterocycles. The number of nitrogens with zero attached hydrogens (tertiary/aromatic N) is 1. The van der Waals surface area contributed by atoms with Crippen molar-refractivity contribution in [2.24, 2.45) is 0 Å². The molecule has 4 heteroatoms. The normalized spacial score (nSPS) is 20.5. The van der Waals surface area contributed by atoms with E-state index < -0.39 is 0 Å². The molecule has 0 amide bonds. The molecule has 18 heavy (non-hydrogen) atoms. The third-order valence-electron chi connectivity index (χ3n) is 3.56. The lowest BCUT2D eigenvalue weighted by Gasteiger charge is -2.24. The second-order valence-corrected chi connectivity index (χ2v) is 6.06. The van der Waals surface area contributed by atoms with Gasteiger partial charge >= 0.3 is 0 Å². The highest BCUT2D eigenvalue weighted by atomic mass is 35.5. The molecule has 0 aliphatic carbocycles. The maximum atomic E-state index is 6.23. The van der Waals surface area contributed by atoms with Gasteiger partial charge in [-0.05, 0) is 49.9 Å². The average molecular weight is 307 g/mol. The minimum Gasteiger partial charge on any atom is -0.296 e. The van der Waals surface area contributed by atoms with Crippen LogP contribution in [0.4, 0.5) is 0 Å². The number of hydrogen-bond donors (Lipinski definition) is 0. The number of alkyl halides is 1. The number of benzene rings is 1. The van der Waals surface area contributed by atoms with Gasteiger partial charge in [-0.2, -0.15) is 0 Å². The zero-order valence-corrected chi connectivity index (χ0v) is 12.6. The van der Waals surface area contributed by atoms with Gasteiger partial charge in [-0.3, -0.25) is 4.90 Å². The van der Waals surface area contributed by atoms with Gasteiger partial charge in [-0.1, -0.05) is 29.3 Å². The van der Waals surface area contributed by atoms with E-state index in [0.29, 0.717) is 11.1 Å². The van der Waals surface area contributed by atoms with Crippen LogP contribution in [0.25, 0.3) is 0 Å². The van der Waals surface area contributed by atoms with Crippen molar-refractivity contribution in [1.29, 1.82) is 0 Å². The van der Waals surface area contributed by atoms with Gasteiger partial charge in [0.15, 0.2) is 0 Å². The smallest absolute Gasteiger partial charge is 0.0465 e. The summed E-state index contributed by atoms with van der Waals surface area (Å²) in [5.74, 6) is 0.756. The zero-order chi connectivity index (χ0) is 13.0. The first kappa shape index (κ1) is 14.5. The summed E-state index contributed by atoms with van der Waals surface area (Å²) in [7, 11) is 0. The fraction of sp³-hybridized carbons (Fsp3) is 0.571. The molecule has 2 rings (SSSR count). The average Bonchev–Trinajstić information content (AvgIpc) is 2.77. The minimum absolute atomic E-state index is 0.662. The first-order valence-corrected chi connectivity index (χ1v) is 7.73. The van der Waals surface area contributed by atoms with Crippen LogP contribution in [0, 0.1) is 0 Å². The van der Waals surface area contributed by atoms with Crippen LogP contribution in [0.1, 0.15) is 31.2 Å². The van der Waals surface area contributed by atoms with Crippen LogP contribution in [0.5, 0.6) is 0 Å². The summed E-state index contributed by atoms with van der Waals surface area (Å²) >= 11 is 17.9. The van der Waals surface area contributed by atoms with Crippen molar-refractivity contribution in [1.82, 2.24) is 4.90 Å². The van der Waals surface area contributed by atoms with E-state index in [-0.39, 0.29) is 0 Å². The Kier molecular flexibility index (Phi) is 5.62. The van der Waals surface area contributed by atoms with Crippen molar-refractivity contribution in [2.75, 3.05) is 12.4 Å². The third-order valence-corrected chi connectivity index (χ3v) is 4.41. The highest BCUT2D eigenvalue weighted by molar-refractivity contribution is 6.35. The summed E-state index contributed by atoms with van der Waals surface area (Å²) in [6.07, 6.45) is 4.84. The molecule has 1 fully saturated rings. The van der Waals surface area contributed by atoms with Gasteiger partial charge in [0.05, 0.1) is 0 Å². The molecule has 1 unspecified atom stereocenters. The lowest BCUT2D eigenvalue weighted by atomic mass is 10.1. The molecule has 1 aliphatic rings. The third kappa shape index (κ3) is 3.77. The first-order valence-electron chi connectivity index (χ1n) is 6.44. The second-order valence-electron chi connectivity index (χ2n) is 4.83. The number of halogens is 3. The zero-order valence-electron chi connectivity index (χ0n) is 10.3. The molecule has 0 spiro atoms. The van der Waals surface area contributed by atoms with Crippen molar-refractivity contribution in [2.45, 2.75) is 38.3 Å². The molecule has 1 nitrogen and oxygen atoms in total. The topological polar surface area (TPSA) is 3.24 Å². The van der Waals surface area contributed by atoms with E-state index in [4.69, 9.17) is 34.8 Å². The molecule has 1 atom stereocenters. The SMILES string of the molecule is ClCCCC1CCCN1Cc1ccc(Cl)cc1Cl. The Hall–Kier alpha value is 0.0500. The summed E-state index contributed by atoms with van der Waals surface area (Å²) in [4.78, 5) is 2.52. The highest BCUT2D eigenvalue weighted by Crippen LogP contribution is 2.27. The lowest BCUT2D eigenvalue weighted by molar-refractivity contribution is 0.234. The van der Waals surface area contributed by atoms with Crippen molar-refractivity contribution in [3.05, 3.63) is 33.8 Å². The fourth-order valence-electron chi connectivity index (χ4n) is 2.61. The molecule has 0 radical (unpaired) electrons. The van der Waals surface area contributed by atoms with Gasteiger partial charge in [0.25, 0.3) is 0 Å². The molecule has 0 aromatic heterocycles. The van der Waals surface area contributed by atoms with Crippen molar-refractivity contribution in [3.63, 3.8) is 0 Å². The van der Waals surface area contributed by atoms with Crippen molar-refractivity contribution >= 4 is 34.8 Å². The van der Waals surface area contributed by atoms with E-state index >= 15 is 0 Å². The summed E-state index contributed by atoms with van der Waals surface area (Å²) in [5.41, 5.74) is 1.17. The first-order chi connectivity index (χ1) is 8.70. The number of rotatable bonds is 5. The highest BCUT2D eigenvalue weighted by Gasteiger charge is 2.24. The van der Waals surface area contributed by atoms with Gasteiger partial charge in [-0.25, -0.2) is 0 Å². The van der Waals surface area contributed by atoms with Crippen LogP contribution >= 0.6 is 34.8 Å². The number of likely N-dealkylation sites (tertiary alicyclic amines) is 1. The Bertz CT molecular complexity index is 395. The van der Waals surface area contributed by atoms with Gasteiger partial charge < -0.3 is 0 Å². The van der Waals surface area contributed by atoms with E-state index in [1.54, 1.807) is 0 Å². The number of hydrogen-bond acceptors (Lipinski definition) is 1. The Labute approximate surface area is 124 Å². The monoisotopic (exact) mass is 305 g/mol. The molecule has 0 saturated carbocycles. The Morgan fingerprint density at radius 2 is 2.11 bits per heavy atom. The van der Waals surface area contributed by atoms with E-state index in [9.17, 15) is 0 Å². The predicted octanol–water partition coefficient (Wildman–Crippen LogP) is 4.98. The Morgan fingerprint density at radius 1 is 1.28 bits per heavy atom. The Balaban J connectivity index is 1.99. The summed E-state index contributed by atoms with van der Waals surface area (Å²) in [6.45, 7) is 2.08. The van der Waals surface area contributed by atoms with E-state index in [2.05, 4.69) is 4.90 Å². The fourth-order valence-corrected chi connectivity index (χ4v) is 3.23. The van der Waals surface area contributed by atoms with Gasteiger partial charge in [0, 0.05) is 28.5 Å². The maximum absolute atomic E-state index is 6.23. The van der Waals surface area contributed by atoms with Gasteiger partial charge in [0.1, 0.15) is 0 Å². The van der Waals surface area contributed by atoms with Crippen molar-refractivity contribution < 1.29 is 0 Å². The van der Waals surface area contributed by atoms with Crippen LogP contribution in [0.15, 0.2) is 18.2 Å². The molecule has 0 N–H and O–H groups in total. The van der Waals surface area contributed by atoms with E-state index in [0.717, 1.165) is 30.4 Å². The summed E-state index contributed by atoms with van der Waals surface area (Å²) in [6, 6.07) is 6.42. The molecule has 0 bridgehead atoms. The molecule has 1 saturated heterocycles. The molecular weight excluding hydrogens is 289 g/mol. The van der Waals surface area contributed by atoms with Gasteiger partial charge in [-0.15, -0.1) is 11.6 Å². The predicted molar refractivity (Wildman–Crippen MR) is 79.8 cm³/mol. The second kappa shape index (κ2) is 7.00. The van der Waals surface area contributed by atoms with Crippen molar-refractivity contribution in [3.8, 4) is 0 Å². The van der Waals surface area contributed by atoms with Crippen LogP contribution < -0.4 is 0 Å². The maximum Gasteiger partial charge on any atom is 0.0465 e. The quantitative estimate of drug-likeness (QED) is 0.694. The minimum atomic E-state index is 0.662. The lowest BCUT2D eigenvalue weighted by Crippen LogP contribution is -2.29. The molecule has 1 aromatic carbocycles. The largest absolute Gasteiger partial charge is 0.296 e. The van der Waals surface area contributed by atoms with Crippen LogP contribution in [-0.2, 0) is 6.54 Å². The van der Waals surface area contributed by atoms with Gasteiger partial charge in [0.2, 0.25) is 0 Å². The Morgan fingerprint density at radius 3 is 2.83 bits per heavy atom. The molecular formula is C14H18Cl3N. The van der Waals surface area contributed by atoms with Crippen LogP contribution in [0.3, 0.4) is 0 Å². The van der Waals surface area contributed by atoms with Crippen LogP contribution in [0.2, 0.25) is 10.0 Å². The summed E-state index contributed by atoms with van der Waals surface area (Å²) < 4.78 is 0.